The van der Waals surface area contributed by atoms with Gasteiger partial charge >= 0.3 is 5.97 Å². The molecule has 6 heteroatoms. The van der Waals surface area contributed by atoms with E-state index in [1.165, 1.54) is 14.0 Å². The molecular weight excluding hydrogens is 330 g/mol. The molecule has 0 radical (unpaired) electrons. The van der Waals surface area contributed by atoms with Crippen molar-refractivity contribution in [2.24, 2.45) is 0 Å². The minimum absolute atomic E-state index is 0.263. The van der Waals surface area contributed by atoms with Crippen LogP contribution in [-0.2, 0) is 9.53 Å². The van der Waals surface area contributed by atoms with Crippen LogP contribution in [-0.4, -0.2) is 25.1 Å². The maximum atomic E-state index is 12.2. The summed E-state index contributed by atoms with van der Waals surface area (Å²) in [6.45, 7) is 3.35. The Balaban J connectivity index is 2.06. The van der Waals surface area contributed by atoms with Gasteiger partial charge in [-0.15, -0.1) is 0 Å². The summed E-state index contributed by atoms with van der Waals surface area (Å²) in [6, 6.07) is 11.8. The molecule has 0 aliphatic heterocycles. The quantitative estimate of drug-likeness (QED) is 0.834. The molecule has 24 heavy (non-hydrogen) atoms. The summed E-state index contributed by atoms with van der Waals surface area (Å²) in [6.07, 6.45) is -0.971. The summed E-state index contributed by atoms with van der Waals surface area (Å²) in [4.78, 5) is 24.4. The largest absolute Gasteiger partial charge is 0.496 e. The van der Waals surface area contributed by atoms with Gasteiger partial charge in [-0.3, -0.25) is 4.79 Å². The van der Waals surface area contributed by atoms with E-state index in [1.807, 2.05) is 6.92 Å². The predicted molar refractivity (Wildman–Crippen MR) is 92.7 cm³/mol. The van der Waals surface area contributed by atoms with Crippen molar-refractivity contribution in [2.75, 3.05) is 12.4 Å². The molecular formula is C18H18ClNO4. The fraction of sp³-hybridized carbons (Fsp3) is 0.222. The molecule has 0 aliphatic carbocycles. The number of carbonyl (C=O) groups excluding carboxylic acids is 2. The summed E-state index contributed by atoms with van der Waals surface area (Å²) < 4.78 is 10.3. The number of rotatable bonds is 5. The molecule has 1 atom stereocenters. The van der Waals surface area contributed by atoms with Crippen molar-refractivity contribution < 1.29 is 19.1 Å². The second-order valence-corrected chi connectivity index (χ2v) is 5.63. The molecule has 0 aromatic heterocycles. The Labute approximate surface area is 145 Å². The maximum absolute atomic E-state index is 12.2. The Morgan fingerprint density at radius 2 is 1.88 bits per heavy atom. The van der Waals surface area contributed by atoms with E-state index in [1.54, 1.807) is 42.5 Å². The minimum Gasteiger partial charge on any atom is -0.496 e. The van der Waals surface area contributed by atoms with Crippen LogP contribution in [0.15, 0.2) is 42.5 Å². The highest BCUT2D eigenvalue weighted by Crippen LogP contribution is 2.21. The number of amides is 1. The average Bonchev–Trinajstić information content (AvgIpc) is 2.57. The number of hydrogen-bond donors (Lipinski definition) is 1. The topological polar surface area (TPSA) is 64.6 Å². The van der Waals surface area contributed by atoms with Crippen LogP contribution in [0.5, 0.6) is 5.75 Å². The van der Waals surface area contributed by atoms with E-state index in [0.29, 0.717) is 16.5 Å². The normalized spacial score (nSPS) is 11.5. The number of anilines is 1. The van der Waals surface area contributed by atoms with Crippen LogP contribution in [0.25, 0.3) is 0 Å². The van der Waals surface area contributed by atoms with Gasteiger partial charge in [0.05, 0.1) is 7.11 Å². The standard InChI is InChI=1S/C18H18ClNO4/c1-11-8-9-13(19)10-15(11)20-17(21)12(2)24-18(22)14-6-4-5-7-16(14)23-3/h4-10,12H,1-3H3,(H,20,21). The number of aryl methyl sites for hydroxylation is 1. The van der Waals surface area contributed by atoms with Crippen molar-refractivity contribution in [1.29, 1.82) is 0 Å². The molecule has 0 fully saturated rings. The van der Waals surface area contributed by atoms with Crippen LogP contribution in [0.4, 0.5) is 5.69 Å². The number of ether oxygens (including phenoxy) is 2. The highest BCUT2D eigenvalue weighted by molar-refractivity contribution is 6.31. The molecule has 0 spiro atoms. The zero-order valence-corrected chi connectivity index (χ0v) is 14.4. The van der Waals surface area contributed by atoms with Gasteiger partial charge in [-0.25, -0.2) is 4.79 Å². The van der Waals surface area contributed by atoms with Gasteiger partial charge in [0.15, 0.2) is 6.10 Å². The average molecular weight is 348 g/mol. The lowest BCUT2D eigenvalue weighted by Gasteiger charge is -2.15. The molecule has 1 amide bonds. The number of nitrogens with one attached hydrogen (secondary N) is 1. The summed E-state index contributed by atoms with van der Waals surface area (Å²) in [5.41, 5.74) is 1.70. The third kappa shape index (κ3) is 4.26. The molecule has 2 aromatic rings. The van der Waals surface area contributed by atoms with Gasteiger partial charge in [0.1, 0.15) is 11.3 Å². The Morgan fingerprint density at radius 1 is 1.17 bits per heavy atom. The van der Waals surface area contributed by atoms with Crippen LogP contribution in [0.3, 0.4) is 0 Å². The van der Waals surface area contributed by atoms with Crippen molar-refractivity contribution in [3.8, 4) is 5.75 Å². The first kappa shape index (κ1) is 17.8. The zero-order chi connectivity index (χ0) is 17.7. The van der Waals surface area contributed by atoms with E-state index in [-0.39, 0.29) is 5.56 Å². The van der Waals surface area contributed by atoms with Crippen molar-refractivity contribution in [3.05, 3.63) is 58.6 Å². The lowest BCUT2D eigenvalue weighted by atomic mass is 10.2. The summed E-state index contributed by atoms with van der Waals surface area (Å²) >= 11 is 5.93. The molecule has 1 unspecified atom stereocenters. The van der Waals surface area contributed by atoms with Gasteiger partial charge < -0.3 is 14.8 Å². The van der Waals surface area contributed by atoms with Gasteiger partial charge in [-0.1, -0.05) is 29.8 Å². The van der Waals surface area contributed by atoms with Gasteiger partial charge in [0.2, 0.25) is 0 Å². The van der Waals surface area contributed by atoms with Gasteiger partial charge in [-0.05, 0) is 43.7 Å². The van der Waals surface area contributed by atoms with E-state index < -0.39 is 18.0 Å². The van der Waals surface area contributed by atoms with E-state index in [2.05, 4.69) is 5.32 Å². The minimum atomic E-state index is -0.971. The molecule has 0 aliphatic rings. The highest BCUT2D eigenvalue weighted by atomic mass is 35.5. The molecule has 2 rings (SSSR count). The fourth-order valence-corrected chi connectivity index (χ4v) is 2.23. The molecule has 2 aromatic carbocycles. The maximum Gasteiger partial charge on any atom is 0.342 e. The van der Waals surface area contributed by atoms with E-state index in [0.717, 1.165) is 5.56 Å². The first-order valence-electron chi connectivity index (χ1n) is 7.33. The summed E-state index contributed by atoms with van der Waals surface area (Å²) in [5.74, 6) is -0.678. The third-order valence-corrected chi connectivity index (χ3v) is 3.67. The Kier molecular flexibility index (Phi) is 5.82. The number of hydrogen-bond acceptors (Lipinski definition) is 4. The van der Waals surface area contributed by atoms with E-state index in [4.69, 9.17) is 21.1 Å². The molecule has 0 bridgehead atoms. The third-order valence-electron chi connectivity index (χ3n) is 3.44. The number of halogens is 1. The monoisotopic (exact) mass is 347 g/mol. The number of carbonyl (C=O) groups is 2. The number of para-hydroxylation sites is 1. The van der Waals surface area contributed by atoms with Crippen LogP contribution in [0.1, 0.15) is 22.8 Å². The smallest absolute Gasteiger partial charge is 0.342 e. The lowest BCUT2D eigenvalue weighted by Crippen LogP contribution is -2.30. The number of benzene rings is 2. The number of methoxy groups -OCH3 is 1. The molecule has 0 saturated carbocycles. The fourth-order valence-electron chi connectivity index (χ4n) is 2.05. The van der Waals surface area contributed by atoms with Crippen molar-refractivity contribution in [2.45, 2.75) is 20.0 Å². The Morgan fingerprint density at radius 3 is 2.58 bits per heavy atom. The van der Waals surface area contributed by atoms with Crippen LogP contribution in [0.2, 0.25) is 5.02 Å². The molecule has 0 saturated heterocycles. The number of esters is 1. The second-order valence-electron chi connectivity index (χ2n) is 5.20. The lowest BCUT2D eigenvalue weighted by molar-refractivity contribution is -0.123. The summed E-state index contributed by atoms with van der Waals surface area (Å²) in [7, 11) is 1.46. The van der Waals surface area contributed by atoms with Gasteiger partial charge in [-0.2, -0.15) is 0 Å². The van der Waals surface area contributed by atoms with Gasteiger partial charge in [0.25, 0.3) is 5.91 Å². The Bertz CT molecular complexity index is 760. The summed E-state index contributed by atoms with van der Waals surface area (Å²) in [5, 5.41) is 3.21. The predicted octanol–water partition coefficient (Wildman–Crippen LogP) is 3.84. The molecule has 5 nitrogen and oxygen atoms in total. The van der Waals surface area contributed by atoms with Crippen molar-refractivity contribution >= 4 is 29.2 Å². The van der Waals surface area contributed by atoms with Crippen LogP contribution in [0, 0.1) is 6.92 Å². The first-order valence-corrected chi connectivity index (χ1v) is 7.71. The highest BCUT2D eigenvalue weighted by Gasteiger charge is 2.21. The molecule has 126 valence electrons. The van der Waals surface area contributed by atoms with Crippen LogP contribution < -0.4 is 10.1 Å². The van der Waals surface area contributed by atoms with Crippen molar-refractivity contribution in [1.82, 2.24) is 0 Å². The van der Waals surface area contributed by atoms with E-state index >= 15 is 0 Å². The molecule has 1 N–H and O–H groups in total. The van der Waals surface area contributed by atoms with Crippen molar-refractivity contribution in [3.63, 3.8) is 0 Å². The zero-order valence-electron chi connectivity index (χ0n) is 13.6. The van der Waals surface area contributed by atoms with E-state index in [9.17, 15) is 9.59 Å². The first-order chi connectivity index (χ1) is 11.4. The molecule has 0 heterocycles. The second kappa shape index (κ2) is 7.84. The Hall–Kier alpha value is -2.53. The SMILES string of the molecule is COc1ccccc1C(=O)OC(C)C(=O)Nc1cc(Cl)ccc1C. The van der Waals surface area contributed by atoms with Gasteiger partial charge in [0, 0.05) is 10.7 Å². The van der Waals surface area contributed by atoms with Crippen LogP contribution >= 0.6 is 11.6 Å².